The number of aryl methyl sites for hydroxylation is 1. The fourth-order valence-corrected chi connectivity index (χ4v) is 3.09. The summed E-state index contributed by atoms with van der Waals surface area (Å²) in [4.78, 5) is 3.91. The lowest BCUT2D eigenvalue weighted by molar-refractivity contribution is 0.564. The van der Waals surface area contributed by atoms with Gasteiger partial charge in [-0.1, -0.05) is 18.2 Å². The zero-order chi connectivity index (χ0) is 14.8. The van der Waals surface area contributed by atoms with Crippen LogP contribution in [0.2, 0.25) is 0 Å². The molecule has 2 rings (SSSR count). The molecule has 0 amide bonds. The van der Waals surface area contributed by atoms with E-state index in [1.54, 1.807) is 23.6 Å². The quantitative estimate of drug-likeness (QED) is 0.818. The Bertz CT molecular complexity index is 694. The Kier molecular flexibility index (Phi) is 4.10. The van der Waals surface area contributed by atoms with E-state index in [1.807, 2.05) is 19.1 Å². The lowest BCUT2D eigenvalue weighted by Gasteiger charge is -2.15. The van der Waals surface area contributed by atoms with Gasteiger partial charge in [-0.15, -0.1) is 0 Å². The molecule has 0 saturated carbocycles. The highest BCUT2D eigenvalue weighted by atomic mass is 32.2. The molecule has 0 fully saturated rings. The van der Waals surface area contributed by atoms with Crippen molar-refractivity contribution in [1.29, 1.82) is 0 Å². The van der Waals surface area contributed by atoms with Crippen LogP contribution in [0.25, 0.3) is 0 Å². The summed E-state index contributed by atoms with van der Waals surface area (Å²) in [5.41, 5.74) is 7.15. The van der Waals surface area contributed by atoms with Crippen molar-refractivity contribution in [1.82, 2.24) is 14.3 Å². The Morgan fingerprint density at radius 3 is 2.70 bits per heavy atom. The third kappa shape index (κ3) is 3.00. The molecule has 2 aromatic rings. The fourth-order valence-electron chi connectivity index (χ4n) is 1.91. The zero-order valence-electron chi connectivity index (χ0n) is 11.4. The summed E-state index contributed by atoms with van der Waals surface area (Å²) in [5, 5.41) is 0.0145. The monoisotopic (exact) mass is 294 g/mol. The summed E-state index contributed by atoms with van der Waals surface area (Å²) < 4.78 is 28.7. The first kappa shape index (κ1) is 14.5. The van der Waals surface area contributed by atoms with Gasteiger partial charge in [-0.3, -0.25) is 0 Å². The van der Waals surface area contributed by atoms with E-state index in [-0.39, 0.29) is 5.03 Å². The predicted molar refractivity (Wildman–Crippen MR) is 77.5 cm³/mol. The maximum Gasteiger partial charge on any atom is 0.260 e. The van der Waals surface area contributed by atoms with Gasteiger partial charge >= 0.3 is 0 Å². The summed E-state index contributed by atoms with van der Waals surface area (Å²) in [5.74, 6) is 0. The van der Waals surface area contributed by atoms with Gasteiger partial charge in [0.15, 0.2) is 5.03 Å². The van der Waals surface area contributed by atoms with Crippen LogP contribution in [0, 0.1) is 0 Å². The van der Waals surface area contributed by atoms with Gasteiger partial charge in [-0.2, -0.15) is 0 Å². The second kappa shape index (κ2) is 5.64. The topological polar surface area (TPSA) is 90.0 Å². The van der Waals surface area contributed by atoms with Crippen molar-refractivity contribution in [2.24, 2.45) is 0 Å². The third-order valence-corrected chi connectivity index (χ3v) is 4.47. The summed E-state index contributed by atoms with van der Waals surface area (Å²) >= 11 is 0. The third-order valence-electron chi connectivity index (χ3n) is 3.04. The first-order valence-electron chi connectivity index (χ1n) is 6.32. The average molecular weight is 294 g/mol. The van der Waals surface area contributed by atoms with Gasteiger partial charge in [0.1, 0.15) is 0 Å². The van der Waals surface area contributed by atoms with E-state index in [9.17, 15) is 8.42 Å². The SMILES string of the molecule is CCn1cnc(S(=O)(=O)NC(C)c2ccccc2N)c1. The number of nitrogens with one attached hydrogen (secondary N) is 1. The molecule has 0 aliphatic carbocycles. The number of nitrogens with zero attached hydrogens (tertiary/aromatic N) is 2. The maximum absolute atomic E-state index is 12.2. The van der Waals surface area contributed by atoms with Gasteiger partial charge in [0.2, 0.25) is 0 Å². The van der Waals surface area contributed by atoms with Gasteiger partial charge in [0.05, 0.1) is 6.33 Å². The normalized spacial score (nSPS) is 13.3. The van der Waals surface area contributed by atoms with Crippen LogP contribution >= 0.6 is 0 Å². The minimum atomic E-state index is -3.65. The number of hydrogen-bond acceptors (Lipinski definition) is 4. The van der Waals surface area contributed by atoms with Crippen molar-refractivity contribution in [3.8, 4) is 0 Å². The summed E-state index contributed by atoms with van der Waals surface area (Å²) in [7, 11) is -3.65. The molecule has 3 N–H and O–H groups in total. The maximum atomic E-state index is 12.2. The van der Waals surface area contributed by atoms with Crippen molar-refractivity contribution in [2.75, 3.05) is 5.73 Å². The van der Waals surface area contributed by atoms with Crippen molar-refractivity contribution in [3.05, 3.63) is 42.4 Å². The highest BCUT2D eigenvalue weighted by molar-refractivity contribution is 7.89. The molecule has 6 nitrogen and oxygen atoms in total. The first-order valence-corrected chi connectivity index (χ1v) is 7.81. The van der Waals surface area contributed by atoms with Crippen LogP contribution in [0.5, 0.6) is 0 Å². The van der Waals surface area contributed by atoms with Crippen molar-refractivity contribution in [3.63, 3.8) is 0 Å². The zero-order valence-corrected chi connectivity index (χ0v) is 12.3. The molecule has 7 heteroatoms. The molecule has 20 heavy (non-hydrogen) atoms. The van der Waals surface area contributed by atoms with Gasteiger partial charge < -0.3 is 10.3 Å². The Morgan fingerprint density at radius 2 is 2.10 bits per heavy atom. The van der Waals surface area contributed by atoms with E-state index in [1.165, 1.54) is 12.5 Å². The number of nitrogens with two attached hydrogens (primary N) is 1. The van der Waals surface area contributed by atoms with Gasteiger partial charge in [0, 0.05) is 24.5 Å². The largest absolute Gasteiger partial charge is 0.398 e. The number of hydrogen-bond donors (Lipinski definition) is 2. The molecular formula is C13H18N4O2S. The molecule has 0 saturated heterocycles. The molecule has 1 heterocycles. The lowest BCUT2D eigenvalue weighted by Crippen LogP contribution is -2.27. The number of aromatic nitrogens is 2. The second-order valence-corrected chi connectivity index (χ2v) is 6.18. The number of imidazole rings is 1. The second-order valence-electron chi connectivity index (χ2n) is 4.51. The number of rotatable bonds is 5. The summed E-state index contributed by atoms with van der Waals surface area (Å²) in [6.07, 6.45) is 3.00. The molecule has 1 unspecified atom stereocenters. The Hall–Kier alpha value is -1.86. The molecule has 108 valence electrons. The Labute approximate surface area is 118 Å². The summed E-state index contributed by atoms with van der Waals surface area (Å²) in [6, 6.07) is 6.75. The van der Waals surface area contributed by atoms with Crippen LogP contribution in [-0.4, -0.2) is 18.0 Å². The van der Waals surface area contributed by atoms with Gasteiger partial charge in [0.25, 0.3) is 10.0 Å². The van der Waals surface area contributed by atoms with Crippen LogP contribution in [0.15, 0.2) is 41.8 Å². The van der Waals surface area contributed by atoms with Crippen molar-refractivity contribution < 1.29 is 8.42 Å². The van der Waals surface area contributed by atoms with Crippen LogP contribution < -0.4 is 10.5 Å². The Balaban J connectivity index is 2.22. The molecule has 0 bridgehead atoms. The number of sulfonamides is 1. The molecule has 1 aromatic heterocycles. The van der Waals surface area contributed by atoms with E-state index in [0.717, 1.165) is 5.56 Å². The lowest BCUT2D eigenvalue weighted by atomic mass is 10.1. The van der Waals surface area contributed by atoms with Crippen LogP contribution in [0.4, 0.5) is 5.69 Å². The number of nitrogen functional groups attached to an aromatic ring is 1. The van der Waals surface area contributed by atoms with E-state index in [2.05, 4.69) is 9.71 Å². The molecule has 0 radical (unpaired) electrons. The smallest absolute Gasteiger partial charge is 0.260 e. The van der Waals surface area contributed by atoms with E-state index in [0.29, 0.717) is 12.2 Å². The minimum Gasteiger partial charge on any atom is -0.398 e. The van der Waals surface area contributed by atoms with Crippen LogP contribution in [-0.2, 0) is 16.6 Å². The molecule has 1 atom stereocenters. The Morgan fingerprint density at radius 1 is 1.40 bits per heavy atom. The number of anilines is 1. The molecule has 0 spiro atoms. The van der Waals surface area contributed by atoms with Crippen LogP contribution in [0.1, 0.15) is 25.5 Å². The standard InChI is InChI=1S/C13H18N4O2S/c1-3-17-8-13(15-9-17)20(18,19)16-10(2)11-6-4-5-7-12(11)14/h4-10,16H,3,14H2,1-2H3. The fraction of sp³-hybridized carbons (Fsp3) is 0.308. The molecule has 0 aliphatic rings. The van der Waals surface area contributed by atoms with Gasteiger partial charge in [-0.25, -0.2) is 18.1 Å². The molecule has 0 aliphatic heterocycles. The van der Waals surface area contributed by atoms with Gasteiger partial charge in [-0.05, 0) is 25.5 Å². The number of benzene rings is 1. The minimum absolute atomic E-state index is 0.0145. The first-order chi connectivity index (χ1) is 9.44. The van der Waals surface area contributed by atoms with Crippen molar-refractivity contribution >= 4 is 15.7 Å². The van der Waals surface area contributed by atoms with E-state index >= 15 is 0 Å². The highest BCUT2D eigenvalue weighted by Gasteiger charge is 2.21. The predicted octanol–water partition coefficient (Wildman–Crippen LogP) is 1.52. The molecule has 1 aromatic carbocycles. The van der Waals surface area contributed by atoms with Crippen LogP contribution in [0.3, 0.4) is 0 Å². The van der Waals surface area contributed by atoms with Crippen molar-refractivity contribution in [2.45, 2.75) is 31.5 Å². The molecular weight excluding hydrogens is 276 g/mol. The number of para-hydroxylation sites is 1. The van der Waals surface area contributed by atoms with E-state index < -0.39 is 16.1 Å². The van der Waals surface area contributed by atoms with E-state index in [4.69, 9.17) is 5.73 Å². The highest BCUT2D eigenvalue weighted by Crippen LogP contribution is 2.21. The summed E-state index contributed by atoms with van der Waals surface area (Å²) in [6.45, 7) is 4.34. The average Bonchev–Trinajstić information content (AvgIpc) is 2.88.